The minimum absolute atomic E-state index is 0.204. The summed E-state index contributed by atoms with van der Waals surface area (Å²) >= 11 is 1.41. The van der Waals surface area contributed by atoms with E-state index in [1.165, 1.54) is 11.3 Å². The average Bonchev–Trinajstić information content (AvgIpc) is 2.85. The highest BCUT2D eigenvalue weighted by Crippen LogP contribution is 2.24. The number of nitriles is 1. The fourth-order valence-electron chi connectivity index (χ4n) is 1.56. The molecule has 0 N–H and O–H groups in total. The lowest BCUT2D eigenvalue weighted by molar-refractivity contribution is -0.145. The third-order valence-corrected chi connectivity index (χ3v) is 3.31. The Labute approximate surface area is 97.4 Å². The molecule has 1 aliphatic heterocycles. The van der Waals surface area contributed by atoms with Gasteiger partial charge in [-0.1, -0.05) is 6.07 Å². The van der Waals surface area contributed by atoms with Crippen LogP contribution >= 0.6 is 11.3 Å². The van der Waals surface area contributed by atoms with Crippen LogP contribution in [0.3, 0.4) is 0 Å². The quantitative estimate of drug-likeness (QED) is 0.796. The highest BCUT2D eigenvalue weighted by atomic mass is 32.1. The first-order valence-corrected chi connectivity index (χ1v) is 5.87. The molecule has 0 aliphatic carbocycles. The molecule has 84 valence electrons. The van der Waals surface area contributed by atoms with E-state index in [0.717, 1.165) is 4.88 Å². The lowest BCUT2D eigenvalue weighted by atomic mass is 9.99. The van der Waals surface area contributed by atoms with E-state index in [0.29, 0.717) is 13.2 Å². The Morgan fingerprint density at radius 3 is 3.06 bits per heavy atom. The van der Waals surface area contributed by atoms with Crippen LogP contribution in [-0.4, -0.2) is 31.7 Å². The van der Waals surface area contributed by atoms with E-state index < -0.39 is 12.0 Å². The van der Waals surface area contributed by atoms with E-state index in [4.69, 9.17) is 14.7 Å². The molecule has 4 nitrogen and oxygen atoms in total. The normalized spacial score (nSPS) is 22.3. The summed E-state index contributed by atoms with van der Waals surface area (Å²) in [5.41, 5.74) is 0. The molecule has 0 radical (unpaired) electrons. The van der Waals surface area contributed by atoms with Crippen molar-refractivity contribution in [2.75, 3.05) is 19.8 Å². The Bertz CT molecular complexity index is 390. The van der Waals surface area contributed by atoms with Crippen LogP contribution in [0.2, 0.25) is 0 Å². The summed E-state index contributed by atoms with van der Waals surface area (Å²) < 4.78 is 10.5. The maximum atomic E-state index is 12.0. The van der Waals surface area contributed by atoms with Gasteiger partial charge in [-0.15, -0.1) is 11.3 Å². The first-order valence-electron chi connectivity index (χ1n) is 4.99. The fourth-order valence-corrected chi connectivity index (χ4v) is 2.34. The summed E-state index contributed by atoms with van der Waals surface area (Å²) in [5.74, 6) is -0.934. The smallest absolute Gasteiger partial charge is 0.186 e. The van der Waals surface area contributed by atoms with Crippen LogP contribution < -0.4 is 0 Å². The highest BCUT2D eigenvalue weighted by molar-refractivity contribution is 7.10. The van der Waals surface area contributed by atoms with Crippen molar-refractivity contribution in [3.63, 3.8) is 0 Å². The predicted molar refractivity (Wildman–Crippen MR) is 58.2 cm³/mol. The van der Waals surface area contributed by atoms with Crippen LogP contribution in [0, 0.1) is 11.3 Å². The third kappa shape index (κ3) is 2.30. The Morgan fingerprint density at radius 2 is 2.50 bits per heavy atom. The van der Waals surface area contributed by atoms with Gasteiger partial charge in [-0.2, -0.15) is 5.26 Å². The number of nitrogens with zero attached hydrogens (tertiary/aromatic N) is 1. The second-order valence-corrected chi connectivity index (χ2v) is 4.39. The summed E-state index contributed by atoms with van der Waals surface area (Å²) in [6.07, 6.45) is -0.597. The maximum Gasteiger partial charge on any atom is 0.186 e. The fraction of sp³-hybridized carbons (Fsp3) is 0.455. The number of hydrogen-bond donors (Lipinski definition) is 0. The van der Waals surface area contributed by atoms with Gasteiger partial charge in [0, 0.05) is 4.88 Å². The number of rotatable bonds is 3. The number of ether oxygens (including phenoxy) is 2. The second-order valence-electron chi connectivity index (χ2n) is 3.41. The van der Waals surface area contributed by atoms with Gasteiger partial charge in [0.15, 0.2) is 5.78 Å². The van der Waals surface area contributed by atoms with Crippen LogP contribution in [-0.2, 0) is 14.3 Å². The highest BCUT2D eigenvalue weighted by Gasteiger charge is 2.31. The molecule has 1 fully saturated rings. The van der Waals surface area contributed by atoms with Crippen molar-refractivity contribution in [1.82, 2.24) is 0 Å². The van der Waals surface area contributed by atoms with Gasteiger partial charge in [-0.3, -0.25) is 4.79 Å². The van der Waals surface area contributed by atoms with Crippen LogP contribution in [0.25, 0.3) is 0 Å². The number of Topliss-reactive ketones (excluding diaryl/α,β-unsaturated/α-hetero) is 1. The Balaban J connectivity index is 2.10. The second kappa shape index (κ2) is 5.21. The molecule has 0 amide bonds. The van der Waals surface area contributed by atoms with Crippen molar-refractivity contribution < 1.29 is 14.3 Å². The third-order valence-electron chi connectivity index (χ3n) is 2.37. The maximum absolute atomic E-state index is 12.0. The van der Waals surface area contributed by atoms with Gasteiger partial charge >= 0.3 is 0 Å². The molecule has 0 spiro atoms. The summed E-state index contributed by atoms with van der Waals surface area (Å²) in [5, 5.41) is 10.9. The molecular weight excluding hydrogens is 226 g/mol. The van der Waals surface area contributed by atoms with Gasteiger partial charge in [0.2, 0.25) is 0 Å². The summed E-state index contributed by atoms with van der Waals surface area (Å²) in [7, 11) is 0. The number of ketones is 1. The zero-order chi connectivity index (χ0) is 11.4. The van der Waals surface area contributed by atoms with Crippen molar-refractivity contribution in [1.29, 1.82) is 5.26 Å². The molecular formula is C11H11NO3S. The van der Waals surface area contributed by atoms with E-state index in [9.17, 15) is 4.79 Å². The molecule has 5 heteroatoms. The summed E-state index contributed by atoms with van der Waals surface area (Å²) in [6, 6.07) is 5.65. The van der Waals surface area contributed by atoms with Crippen molar-refractivity contribution in [3.8, 4) is 6.07 Å². The molecule has 1 aromatic heterocycles. The number of carbonyl (C=O) groups excluding carboxylic acids is 1. The Hall–Kier alpha value is -1.22. The SMILES string of the molecule is N#CC(C(=O)C1COCCO1)c1cccs1. The lowest BCUT2D eigenvalue weighted by Gasteiger charge is -2.23. The van der Waals surface area contributed by atoms with Gasteiger partial charge < -0.3 is 9.47 Å². The van der Waals surface area contributed by atoms with E-state index in [2.05, 4.69) is 0 Å². The first kappa shape index (κ1) is 11.3. The predicted octanol–water partition coefficient (Wildman–Crippen LogP) is 1.34. The van der Waals surface area contributed by atoms with Crippen LogP contribution in [0.4, 0.5) is 0 Å². The van der Waals surface area contributed by atoms with Crippen molar-refractivity contribution in [2.45, 2.75) is 12.0 Å². The molecule has 16 heavy (non-hydrogen) atoms. The zero-order valence-electron chi connectivity index (χ0n) is 8.59. The van der Waals surface area contributed by atoms with Crippen molar-refractivity contribution >= 4 is 17.1 Å². The molecule has 1 saturated heterocycles. The number of carbonyl (C=O) groups is 1. The largest absolute Gasteiger partial charge is 0.376 e. The van der Waals surface area contributed by atoms with Crippen LogP contribution in [0.5, 0.6) is 0 Å². The minimum atomic E-state index is -0.730. The van der Waals surface area contributed by atoms with Crippen LogP contribution in [0.1, 0.15) is 10.8 Å². The van der Waals surface area contributed by atoms with E-state index >= 15 is 0 Å². The van der Waals surface area contributed by atoms with Crippen molar-refractivity contribution in [2.24, 2.45) is 0 Å². The molecule has 1 aromatic rings. The molecule has 0 bridgehead atoms. The van der Waals surface area contributed by atoms with Gasteiger partial charge in [-0.05, 0) is 11.4 Å². The summed E-state index contributed by atoms with van der Waals surface area (Å²) in [4.78, 5) is 12.8. The van der Waals surface area contributed by atoms with Crippen molar-refractivity contribution in [3.05, 3.63) is 22.4 Å². The number of hydrogen-bond acceptors (Lipinski definition) is 5. The standard InChI is InChI=1S/C11H11NO3S/c12-6-8(10-2-1-5-16-10)11(13)9-7-14-3-4-15-9/h1-2,5,8-9H,3-4,7H2. The molecule has 2 heterocycles. The Morgan fingerprint density at radius 1 is 1.62 bits per heavy atom. The van der Waals surface area contributed by atoms with E-state index in [-0.39, 0.29) is 12.4 Å². The van der Waals surface area contributed by atoms with E-state index in [1.54, 1.807) is 6.07 Å². The molecule has 0 aromatic carbocycles. The van der Waals surface area contributed by atoms with Gasteiger partial charge in [-0.25, -0.2) is 0 Å². The molecule has 1 aliphatic rings. The minimum Gasteiger partial charge on any atom is -0.376 e. The first-order chi connectivity index (χ1) is 7.83. The average molecular weight is 237 g/mol. The molecule has 0 saturated carbocycles. The van der Waals surface area contributed by atoms with Gasteiger partial charge in [0.1, 0.15) is 12.0 Å². The van der Waals surface area contributed by atoms with Gasteiger partial charge in [0.05, 0.1) is 25.9 Å². The Kier molecular flexibility index (Phi) is 3.67. The van der Waals surface area contributed by atoms with Gasteiger partial charge in [0.25, 0.3) is 0 Å². The van der Waals surface area contributed by atoms with E-state index in [1.807, 2.05) is 17.5 Å². The van der Waals surface area contributed by atoms with Crippen LogP contribution in [0.15, 0.2) is 17.5 Å². The summed E-state index contributed by atoms with van der Waals surface area (Å²) in [6.45, 7) is 1.18. The topological polar surface area (TPSA) is 59.3 Å². The molecule has 2 atom stereocenters. The molecule has 2 rings (SSSR count). The monoisotopic (exact) mass is 237 g/mol. The molecule has 2 unspecified atom stereocenters. The number of thiophene rings is 1. The lowest BCUT2D eigenvalue weighted by Crippen LogP contribution is -2.37. The zero-order valence-corrected chi connectivity index (χ0v) is 9.40.